The van der Waals surface area contributed by atoms with E-state index in [0.29, 0.717) is 5.56 Å². The summed E-state index contributed by atoms with van der Waals surface area (Å²) in [5.41, 5.74) is 1.27. The Bertz CT molecular complexity index is 314. The van der Waals surface area contributed by atoms with Gasteiger partial charge in [0.1, 0.15) is 15.7 Å². The molecule has 0 nitrogen and oxygen atoms in total. The van der Waals surface area contributed by atoms with Crippen LogP contribution in [-0.4, -0.2) is 21.9 Å². The van der Waals surface area contributed by atoms with E-state index in [2.05, 4.69) is 0 Å². The minimum absolute atomic E-state index is 0.301. The number of rotatable bonds is 1. The normalized spacial score (nSPS) is 12.9. The average molecular weight is 198 g/mol. The predicted octanol–water partition coefficient (Wildman–Crippen LogP) is 0.976. The minimum atomic E-state index is -4.21. The molecule has 0 aliphatic carbocycles. The molecule has 0 aliphatic heterocycles. The molecular formula is C9H11B2F3. The smallest absolute Gasteiger partial charge is 0.172 e. The fraction of sp³-hybridized carbons (Fsp3) is 0.333. The van der Waals surface area contributed by atoms with Crippen molar-refractivity contribution < 1.29 is 13.2 Å². The van der Waals surface area contributed by atoms with Crippen LogP contribution in [0.2, 0.25) is 0 Å². The highest BCUT2D eigenvalue weighted by Crippen LogP contribution is 2.35. The second-order valence-corrected chi connectivity index (χ2v) is 3.99. The van der Waals surface area contributed by atoms with Gasteiger partial charge in [0, 0.05) is 5.21 Å². The zero-order chi connectivity index (χ0) is 11.0. The molecule has 14 heavy (non-hydrogen) atoms. The Morgan fingerprint density at radius 2 is 1.43 bits per heavy atom. The summed E-state index contributed by atoms with van der Waals surface area (Å²) in [5.74, 6) is 0. The Morgan fingerprint density at radius 1 is 1.00 bits per heavy atom. The Kier molecular flexibility index (Phi) is 2.70. The van der Waals surface area contributed by atoms with Crippen molar-refractivity contribution >= 4 is 15.7 Å². The van der Waals surface area contributed by atoms with Crippen molar-refractivity contribution in [2.75, 3.05) is 0 Å². The van der Waals surface area contributed by atoms with Gasteiger partial charge in [0.2, 0.25) is 0 Å². The fourth-order valence-corrected chi connectivity index (χ4v) is 1.13. The molecule has 0 spiro atoms. The third kappa shape index (κ3) is 1.97. The molecule has 0 N–H and O–H groups in total. The highest BCUT2D eigenvalue weighted by molar-refractivity contribution is 6.40. The molecule has 0 atom stereocenters. The maximum Gasteiger partial charge on any atom is 0.384 e. The standard InChI is InChI=1S/C9H11B2F3/c1-6-2-4-7(5-3-6)8(10,11)9(12,13)14/h2-5H,10-11H2,1H3. The summed E-state index contributed by atoms with van der Waals surface area (Å²) in [6.07, 6.45) is -4.21. The third-order valence-electron chi connectivity index (χ3n) is 2.48. The molecule has 0 saturated heterocycles. The van der Waals surface area contributed by atoms with Gasteiger partial charge in [0.15, 0.2) is 0 Å². The summed E-state index contributed by atoms with van der Waals surface area (Å²) < 4.78 is 37.9. The van der Waals surface area contributed by atoms with E-state index >= 15 is 0 Å². The zero-order valence-corrected chi connectivity index (χ0v) is 8.44. The van der Waals surface area contributed by atoms with E-state index in [1.165, 1.54) is 27.8 Å². The van der Waals surface area contributed by atoms with E-state index in [-0.39, 0.29) is 0 Å². The highest BCUT2D eigenvalue weighted by Gasteiger charge is 2.47. The number of alkyl halides is 3. The lowest BCUT2D eigenvalue weighted by Gasteiger charge is -2.28. The molecule has 0 saturated carbocycles. The number of halogens is 3. The van der Waals surface area contributed by atoms with Gasteiger partial charge in [-0.25, -0.2) is 0 Å². The van der Waals surface area contributed by atoms with Crippen LogP contribution in [0, 0.1) is 6.92 Å². The number of aryl methyl sites for hydroxylation is 1. The summed E-state index contributed by atoms with van der Waals surface area (Å²) >= 11 is 0. The van der Waals surface area contributed by atoms with Gasteiger partial charge in [-0.1, -0.05) is 29.8 Å². The average Bonchev–Trinajstić information content (AvgIpc) is 2.03. The maximum absolute atomic E-state index is 12.6. The summed E-state index contributed by atoms with van der Waals surface area (Å²) in [4.78, 5) is 0. The Morgan fingerprint density at radius 3 is 1.79 bits per heavy atom. The second kappa shape index (κ2) is 3.37. The van der Waals surface area contributed by atoms with Crippen LogP contribution in [0.5, 0.6) is 0 Å². The van der Waals surface area contributed by atoms with Crippen molar-refractivity contribution in [3.8, 4) is 0 Å². The molecular weight excluding hydrogens is 187 g/mol. The molecule has 1 rings (SSSR count). The quantitative estimate of drug-likeness (QED) is 0.589. The lowest BCUT2D eigenvalue weighted by molar-refractivity contribution is -0.143. The SMILES string of the molecule is BC(B)(c1ccc(C)cc1)C(F)(F)F. The summed E-state index contributed by atoms with van der Waals surface area (Å²) in [6, 6.07) is 6.46. The zero-order valence-electron chi connectivity index (χ0n) is 8.44. The fourth-order valence-electron chi connectivity index (χ4n) is 1.13. The van der Waals surface area contributed by atoms with Gasteiger partial charge in [-0.2, -0.15) is 13.2 Å². The van der Waals surface area contributed by atoms with Gasteiger partial charge in [-0.05, 0) is 12.5 Å². The summed E-state index contributed by atoms with van der Waals surface area (Å²) in [7, 11) is 2.38. The van der Waals surface area contributed by atoms with Gasteiger partial charge in [0.05, 0.1) is 0 Å². The molecule has 5 heteroatoms. The van der Waals surface area contributed by atoms with Crippen molar-refractivity contribution in [2.24, 2.45) is 0 Å². The van der Waals surface area contributed by atoms with Crippen LogP contribution in [0.25, 0.3) is 0 Å². The maximum atomic E-state index is 12.6. The monoisotopic (exact) mass is 198 g/mol. The number of hydrogen-bond acceptors (Lipinski definition) is 0. The van der Waals surface area contributed by atoms with E-state index in [4.69, 9.17) is 0 Å². The Labute approximate surface area is 83.3 Å². The Hall–Kier alpha value is -0.860. The van der Waals surface area contributed by atoms with Crippen LogP contribution >= 0.6 is 0 Å². The molecule has 1 aromatic rings. The van der Waals surface area contributed by atoms with Gasteiger partial charge < -0.3 is 0 Å². The largest absolute Gasteiger partial charge is 0.384 e. The Balaban J connectivity index is 3.10. The molecule has 0 amide bonds. The van der Waals surface area contributed by atoms with Crippen molar-refractivity contribution in [2.45, 2.75) is 18.3 Å². The molecule has 0 aromatic heterocycles. The first-order valence-electron chi connectivity index (χ1n) is 4.39. The van der Waals surface area contributed by atoms with Crippen molar-refractivity contribution in [1.82, 2.24) is 0 Å². The van der Waals surface area contributed by atoms with Crippen LogP contribution in [0.3, 0.4) is 0 Å². The lowest BCUT2D eigenvalue weighted by Crippen LogP contribution is -2.43. The molecule has 0 fully saturated rings. The first-order chi connectivity index (χ1) is 6.25. The molecule has 0 aliphatic rings. The topological polar surface area (TPSA) is 0 Å². The summed E-state index contributed by atoms with van der Waals surface area (Å²) in [6.45, 7) is 1.85. The van der Waals surface area contributed by atoms with Gasteiger partial charge in [-0.3, -0.25) is 0 Å². The van der Waals surface area contributed by atoms with E-state index in [1.54, 1.807) is 12.1 Å². The van der Waals surface area contributed by atoms with Crippen molar-refractivity contribution in [3.63, 3.8) is 0 Å². The highest BCUT2D eigenvalue weighted by atomic mass is 19.4. The predicted molar refractivity (Wildman–Crippen MR) is 56.0 cm³/mol. The first kappa shape index (κ1) is 11.2. The molecule has 0 unspecified atom stereocenters. The lowest BCUT2D eigenvalue weighted by atomic mass is 9.50. The van der Waals surface area contributed by atoms with E-state index in [0.717, 1.165) is 5.56 Å². The van der Waals surface area contributed by atoms with E-state index in [1.807, 2.05) is 6.92 Å². The molecule has 0 radical (unpaired) electrons. The first-order valence-corrected chi connectivity index (χ1v) is 4.39. The van der Waals surface area contributed by atoms with Crippen molar-refractivity contribution in [1.29, 1.82) is 0 Å². The minimum Gasteiger partial charge on any atom is -0.172 e. The molecule has 74 valence electrons. The van der Waals surface area contributed by atoms with E-state index < -0.39 is 11.4 Å². The third-order valence-corrected chi connectivity index (χ3v) is 2.48. The molecule has 0 bridgehead atoms. The second-order valence-electron chi connectivity index (χ2n) is 3.99. The molecule has 1 aromatic carbocycles. The molecule has 0 heterocycles. The van der Waals surface area contributed by atoms with Gasteiger partial charge in [-0.15, -0.1) is 0 Å². The number of hydrogen-bond donors (Lipinski definition) is 0. The van der Waals surface area contributed by atoms with Gasteiger partial charge in [0.25, 0.3) is 0 Å². The number of benzene rings is 1. The summed E-state index contributed by atoms with van der Waals surface area (Å²) in [5, 5.41) is -1.78. The van der Waals surface area contributed by atoms with Crippen LogP contribution in [0.4, 0.5) is 13.2 Å². The van der Waals surface area contributed by atoms with Crippen LogP contribution < -0.4 is 0 Å². The van der Waals surface area contributed by atoms with Gasteiger partial charge >= 0.3 is 6.18 Å². The van der Waals surface area contributed by atoms with Crippen molar-refractivity contribution in [3.05, 3.63) is 35.4 Å². The van der Waals surface area contributed by atoms with Crippen LogP contribution in [-0.2, 0) is 5.21 Å². The van der Waals surface area contributed by atoms with Crippen LogP contribution in [0.1, 0.15) is 11.1 Å². The van der Waals surface area contributed by atoms with E-state index in [9.17, 15) is 13.2 Å². The van der Waals surface area contributed by atoms with Crippen LogP contribution in [0.15, 0.2) is 24.3 Å².